The van der Waals surface area contributed by atoms with Crippen molar-refractivity contribution in [1.29, 1.82) is 0 Å². The van der Waals surface area contributed by atoms with E-state index in [2.05, 4.69) is 49.7 Å². The second-order valence-corrected chi connectivity index (χ2v) is 7.85. The lowest BCUT2D eigenvalue weighted by Crippen LogP contribution is -2.66. The summed E-state index contributed by atoms with van der Waals surface area (Å²) in [6, 6.07) is 1.52. The topological polar surface area (TPSA) is 18.5 Å². The van der Waals surface area contributed by atoms with Crippen LogP contribution in [0.25, 0.3) is 0 Å². The minimum absolute atomic E-state index is 0.311. The number of nitrogens with zero attached hydrogens (tertiary/aromatic N) is 2. The summed E-state index contributed by atoms with van der Waals surface area (Å²) in [7, 11) is 0. The Bertz CT molecular complexity index is 310. The summed E-state index contributed by atoms with van der Waals surface area (Å²) >= 11 is 0. The second-order valence-electron chi connectivity index (χ2n) is 7.85. The van der Waals surface area contributed by atoms with Crippen molar-refractivity contribution in [3.8, 4) is 0 Å². The van der Waals surface area contributed by atoms with Crippen LogP contribution in [-0.4, -0.2) is 60.1 Å². The molecule has 0 spiro atoms. The Morgan fingerprint density at radius 1 is 1.19 bits per heavy atom. The monoisotopic (exact) mass is 295 g/mol. The molecule has 0 radical (unpaired) electrons. The number of rotatable bonds is 5. The van der Waals surface area contributed by atoms with Gasteiger partial charge >= 0.3 is 0 Å². The summed E-state index contributed by atoms with van der Waals surface area (Å²) in [5.74, 6) is 0.743. The van der Waals surface area contributed by atoms with Crippen molar-refractivity contribution in [3.05, 3.63) is 0 Å². The third kappa shape index (κ3) is 4.20. The molecular formula is C18H37N3. The molecule has 3 nitrogen and oxygen atoms in total. The van der Waals surface area contributed by atoms with Crippen molar-refractivity contribution >= 4 is 0 Å². The van der Waals surface area contributed by atoms with Crippen LogP contribution < -0.4 is 5.32 Å². The molecular weight excluding hydrogens is 258 g/mol. The van der Waals surface area contributed by atoms with Gasteiger partial charge in [0.15, 0.2) is 0 Å². The van der Waals surface area contributed by atoms with Gasteiger partial charge in [-0.15, -0.1) is 0 Å². The van der Waals surface area contributed by atoms with E-state index in [1.54, 1.807) is 0 Å². The third-order valence-corrected chi connectivity index (χ3v) is 5.81. The summed E-state index contributed by atoms with van der Waals surface area (Å²) in [5.41, 5.74) is 0.311. The number of piperidine rings is 1. The lowest BCUT2D eigenvalue weighted by atomic mass is 9.87. The van der Waals surface area contributed by atoms with Gasteiger partial charge in [-0.1, -0.05) is 27.7 Å². The van der Waals surface area contributed by atoms with Gasteiger partial charge in [0.05, 0.1) is 0 Å². The van der Waals surface area contributed by atoms with Gasteiger partial charge in [0.1, 0.15) is 0 Å². The predicted octanol–water partition coefficient (Wildman–Crippen LogP) is 2.96. The predicted molar refractivity (Wildman–Crippen MR) is 91.8 cm³/mol. The standard InChI is InChI=1S/C18H37N3/c1-6-10-20-11-8-16(9-12-20)21-14-18(5,7-2)19-13-17(21)15(3)4/h15-17,19H,6-14H2,1-5H3. The second kappa shape index (κ2) is 7.43. The molecule has 2 fully saturated rings. The highest BCUT2D eigenvalue weighted by Crippen LogP contribution is 2.28. The maximum Gasteiger partial charge on any atom is 0.0278 e. The first-order valence-corrected chi connectivity index (χ1v) is 9.22. The fourth-order valence-electron chi connectivity index (χ4n) is 4.09. The maximum atomic E-state index is 3.82. The molecule has 1 N–H and O–H groups in total. The number of piperazine rings is 1. The molecule has 2 rings (SSSR count). The van der Waals surface area contributed by atoms with E-state index in [1.807, 2.05) is 0 Å². The average molecular weight is 296 g/mol. The molecule has 2 aliphatic rings. The van der Waals surface area contributed by atoms with E-state index in [9.17, 15) is 0 Å². The van der Waals surface area contributed by atoms with Crippen LogP contribution in [0.2, 0.25) is 0 Å². The van der Waals surface area contributed by atoms with Gasteiger partial charge < -0.3 is 10.2 Å². The van der Waals surface area contributed by atoms with Crippen molar-refractivity contribution in [3.63, 3.8) is 0 Å². The van der Waals surface area contributed by atoms with Gasteiger partial charge in [0.2, 0.25) is 0 Å². The summed E-state index contributed by atoms with van der Waals surface area (Å²) in [5, 5.41) is 3.82. The summed E-state index contributed by atoms with van der Waals surface area (Å²) < 4.78 is 0. The van der Waals surface area contributed by atoms with Gasteiger partial charge in [0.25, 0.3) is 0 Å². The molecule has 0 aromatic heterocycles. The molecule has 0 aromatic carbocycles. The van der Waals surface area contributed by atoms with Crippen LogP contribution in [-0.2, 0) is 0 Å². The van der Waals surface area contributed by atoms with Crippen molar-refractivity contribution < 1.29 is 0 Å². The first-order chi connectivity index (χ1) is 9.99. The number of hydrogen-bond acceptors (Lipinski definition) is 3. The molecule has 124 valence electrons. The van der Waals surface area contributed by atoms with Crippen LogP contribution >= 0.6 is 0 Å². The SMILES string of the molecule is CCCN1CCC(N2CC(C)(CC)NCC2C(C)C)CC1. The van der Waals surface area contributed by atoms with Crippen molar-refractivity contribution in [1.82, 2.24) is 15.1 Å². The van der Waals surface area contributed by atoms with Gasteiger partial charge in [-0.3, -0.25) is 4.90 Å². The summed E-state index contributed by atoms with van der Waals surface area (Å²) in [6.45, 7) is 18.1. The fourth-order valence-corrected chi connectivity index (χ4v) is 4.09. The smallest absolute Gasteiger partial charge is 0.0278 e. The summed E-state index contributed by atoms with van der Waals surface area (Å²) in [6.07, 6.45) is 5.25. The molecule has 2 heterocycles. The van der Waals surface area contributed by atoms with Gasteiger partial charge in [-0.05, 0) is 58.2 Å². The molecule has 2 atom stereocenters. The van der Waals surface area contributed by atoms with E-state index in [0.29, 0.717) is 11.6 Å². The van der Waals surface area contributed by atoms with Gasteiger partial charge in [0, 0.05) is 30.7 Å². The van der Waals surface area contributed by atoms with E-state index >= 15 is 0 Å². The number of hydrogen-bond donors (Lipinski definition) is 1. The van der Waals surface area contributed by atoms with Crippen LogP contribution in [0.4, 0.5) is 0 Å². The van der Waals surface area contributed by atoms with Crippen LogP contribution in [0.1, 0.15) is 60.3 Å². The Balaban J connectivity index is 2.00. The minimum atomic E-state index is 0.311. The Morgan fingerprint density at radius 2 is 1.86 bits per heavy atom. The highest BCUT2D eigenvalue weighted by atomic mass is 15.3. The third-order valence-electron chi connectivity index (χ3n) is 5.81. The van der Waals surface area contributed by atoms with E-state index < -0.39 is 0 Å². The first-order valence-electron chi connectivity index (χ1n) is 9.22. The van der Waals surface area contributed by atoms with Crippen molar-refractivity contribution in [2.75, 3.05) is 32.7 Å². The van der Waals surface area contributed by atoms with Gasteiger partial charge in [-0.25, -0.2) is 0 Å². The van der Waals surface area contributed by atoms with E-state index in [0.717, 1.165) is 18.5 Å². The number of likely N-dealkylation sites (tertiary alicyclic amines) is 1. The lowest BCUT2D eigenvalue weighted by Gasteiger charge is -2.52. The largest absolute Gasteiger partial charge is 0.309 e. The molecule has 0 bridgehead atoms. The van der Waals surface area contributed by atoms with E-state index in [1.165, 1.54) is 51.9 Å². The number of nitrogens with one attached hydrogen (secondary N) is 1. The lowest BCUT2D eigenvalue weighted by molar-refractivity contribution is 0.000647. The van der Waals surface area contributed by atoms with Crippen molar-refractivity contribution in [2.24, 2.45) is 5.92 Å². The Labute approximate surface area is 132 Å². The zero-order valence-electron chi connectivity index (χ0n) is 15.0. The Kier molecular flexibility index (Phi) is 6.10. The Hall–Kier alpha value is -0.120. The molecule has 3 heteroatoms. The normalized spacial score (nSPS) is 33.7. The van der Waals surface area contributed by atoms with Crippen LogP contribution in [0.15, 0.2) is 0 Å². The van der Waals surface area contributed by atoms with E-state index in [4.69, 9.17) is 0 Å². The van der Waals surface area contributed by atoms with Gasteiger partial charge in [-0.2, -0.15) is 0 Å². The molecule has 0 aromatic rings. The van der Waals surface area contributed by atoms with Crippen molar-refractivity contribution in [2.45, 2.75) is 77.9 Å². The minimum Gasteiger partial charge on any atom is -0.309 e. The molecule has 21 heavy (non-hydrogen) atoms. The summed E-state index contributed by atoms with van der Waals surface area (Å²) in [4.78, 5) is 5.52. The Morgan fingerprint density at radius 3 is 2.38 bits per heavy atom. The first kappa shape index (κ1) is 17.2. The molecule has 2 unspecified atom stereocenters. The highest BCUT2D eigenvalue weighted by Gasteiger charge is 2.39. The molecule has 0 aliphatic carbocycles. The highest BCUT2D eigenvalue weighted by molar-refractivity contribution is 4.98. The van der Waals surface area contributed by atoms with Crippen LogP contribution in [0.3, 0.4) is 0 Å². The molecule has 2 aliphatic heterocycles. The zero-order valence-corrected chi connectivity index (χ0v) is 15.0. The van der Waals surface area contributed by atoms with E-state index in [-0.39, 0.29) is 0 Å². The molecule has 2 saturated heterocycles. The molecule has 0 saturated carbocycles. The maximum absolute atomic E-state index is 3.82. The fraction of sp³-hybridized carbons (Fsp3) is 1.00. The molecule has 0 amide bonds. The van der Waals surface area contributed by atoms with Crippen LogP contribution in [0, 0.1) is 5.92 Å². The average Bonchev–Trinajstić information content (AvgIpc) is 2.48. The quantitative estimate of drug-likeness (QED) is 0.841. The van der Waals surface area contributed by atoms with Crippen LogP contribution in [0.5, 0.6) is 0 Å². The zero-order chi connectivity index (χ0) is 15.5.